The molecule has 2 amide bonds. The molecule has 0 saturated heterocycles. The van der Waals surface area contributed by atoms with Crippen molar-refractivity contribution in [1.82, 2.24) is 0 Å². The van der Waals surface area contributed by atoms with Gasteiger partial charge in [0.15, 0.2) is 17.3 Å². The number of Topliss-reactive ketones (excluding diaryl/α,β-unsaturated/α-hetero) is 1. The molecule has 0 saturated carbocycles. The van der Waals surface area contributed by atoms with Crippen LogP contribution in [0, 0.1) is 0 Å². The largest absolute Gasteiger partial charge is 0.493 e. The van der Waals surface area contributed by atoms with Gasteiger partial charge in [0, 0.05) is 27.4 Å². The Labute approximate surface area is 231 Å². The van der Waals surface area contributed by atoms with Crippen LogP contribution < -0.4 is 20.1 Å². The summed E-state index contributed by atoms with van der Waals surface area (Å²) in [6.07, 6.45) is 0. The number of thioether (sulfide) groups is 1. The lowest BCUT2D eigenvalue weighted by molar-refractivity contribution is -0.115. The van der Waals surface area contributed by atoms with E-state index in [2.05, 4.69) is 10.6 Å². The van der Waals surface area contributed by atoms with Crippen LogP contribution in [-0.4, -0.2) is 31.8 Å². The van der Waals surface area contributed by atoms with Crippen molar-refractivity contribution in [2.24, 2.45) is 0 Å². The van der Waals surface area contributed by atoms with Gasteiger partial charge in [0.25, 0.3) is 5.91 Å². The minimum absolute atomic E-state index is 0.0334. The van der Waals surface area contributed by atoms with E-state index in [4.69, 9.17) is 9.47 Å². The molecule has 198 valence electrons. The van der Waals surface area contributed by atoms with Gasteiger partial charge in [-0.3, -0.25) is 14.4 Å². The first-order valence-electron chi connectivity index (χ1n) is 12.1. The van der Waals surface area contributed by atoms with E-state index >= 15 is 0 Å². The van der Waals surface area contributed by atoms with Crippen LogP contribution in [0.15, 0.2) is 102 Å². The summed E-state index contributed by atoms with van der Waals surface area (Å²) in [6.45, 7) is 1.50. The first-order valence-corrected chi connectivity index (χ1v) is 13.0. The molecule has 0 aliphatic rings. The van der Waals surface area contributed by atoms with Gasteiger partial charge in [-0.2, -0.15) is 0 Å². The highest BCUT2D eigenvalue weighted by Gasteiger charge is 2.22. The third kappa shape index (κ3) is 7.06. The van der Waals surface area contributed by atoms with Crippen molar-refractivity contribution in [1.29, 1.82) is 0 Å². The molecule has 0 spiro atoms. The summed E-state index contributed by atoms with van der Waals surface area (Å²) < 4.78 is 10.5. The van der Waals surface area contributed by atoms with Crippen LogP contribution >= 0.6 is 11.8 Å². The zero-order chi connectivity index (χ0) is 27.8. The maximum Gasteiger partial charge on any atom is 0.255 e. The molecular weight excluding hydrogens is 512 g/mol. The van der Waals surface area contributed by atoms with Gasteiger partial charge in [-0.15, -0.1) is 11.8 Å². The molecule has 0 heterocycles. The summed E-state index contributed by atoms with van der Waals surface area (Å²) in [5.41, 5.74) is 3.10. The fourth-order valence-electron chi connectivity index (χ4n) is 3.83. The highest BCUT2D eigenvalue weighted by atomic mass is 32.2. The monoisotopic (exact) mass is 540 g/mol. The van der Waals surface area contributed by atoms with Gasteiger partial charge in [-0.25, -0.2) is 0 Å². The smallest absolute Gasteiger partial charge is 0.255 e. The number of hydrogen-bond acceptors (Lipinski definition) is 6. The quantitative estimate of drug-likeness (QED) is 0.173. The van der Waals surface area contributed by atoms with E-state index in [9.17, 15) is 14.4 Å². The van der Waals surface area contributed by atoms with E-state index in [-0.39, 0.29) is 17.6 Å². The van der Waals surface area contributed by atoms with Crippen LogP contribution in [0.3, 0.4) is 0 Å². The van der Waals surface area contributed by atoms with Gasteiger partial charge in [-0.1, -0.05) is 30.3 Å². The lowest BCUT2D eigenvalue weighted by atomic mass is 10.1. The van der Waals surface area contributed by atoms with E-state index in [0.717, 1.165) is 10.5 Å². The molecule has 0 aliphatic heterocycles. The number of anilines is 2. The number of amides is 2. The summed E-state index contributed by atoms with van der Waals surface area (Å²) >= 11 is 1.40. The van der Waals surface area contributed by atoms with Crippen molar-refractivity contribution >= 4 is 40.7 Å². The molecule has 7 nitrogen and oxygen atoms in total. The standard InChI is InChI=1S/C31H28N2O5S/c1-20(34)21-9-12-24(13-10-21)33-31(36)29(22-7-5-4-6-8-22)39-26-16-14-25(15-17-26)32-30(35)23-11-18-27(37-2)28(19-23)38-3/h4-19,29H,1-3H3,(H,32,35)(H,33,36). The second kappa shape index (κ2) is 12.8. The Balaban J connectivity index is 1.47. The van der Waals surface area contributed by atoms with Crippen LogP contribution in [0.1, 0.15) is 38.5 Å². The van der Waals surface area contributed by atoms with Crippen LogP contribution in [-0.2, 0) is 4.79 Å². The number of benzene rings is 4. The Kier molecular flexibility index (Phi) is 9.01. The molecule has 0 aliphatic carbocycles. The molecule has 4 aromatic carbocycles. The predicted octanol–water partition coefficient (Wildman–Crippen LogP) is 6.63. The highest BCUT2D eigenvalue weighted by molar-refractivity contribution is 8.00. The Morgan fingerprint density at radius 1 is 0.692 bits per heavy atom. The van der Waals surface area contributed by atoms with Gasteiger partial charge in [0.05, 0.1) is 14.2 Å². The number of carbonyl (C=O) groups excluding carboxylic acids is 3. The number of nitrogens with one attached hydrogen (secondary N) is 2. The van der Waals surface area contributed by atoms with E-state index < -0.39 is 5.25 Å². The Morgan fingerprint density at radius 3 is 1.90 bits per heavy atom. The average Bonchev–Trinajstić information content (AvgIpc) is 2.97. The van der Waals surface area contributed by atoms with Crippen LogP contribution in [0.4, 0.5) is 11.4 Å². The van der Waals surface area contributed by atoms with Crippen molar-refractivity contribution in [3.05, 3.63) is 114 Å². The second-order valence-corrected chi connectivity index (χ2v) is 9.76. The van der Waals surface area contributed by atoms with Gasteiger partial charge in [0.1, 0.15) is 5.25 Å². The highest BCUT2D eigenvalue weighted by Crippen LogP contribution is 2.37. The van der Waals surface area contributed by atoms with Crippen molar-refractivity contribution < 1.29 is 23.9 Å². The van der Waals surface area contributed by atoms with E-state index in [1.54, 1.807) is 54.6 Å². The van der Waals surface area contributed by atoms with Gasteiger partial charge in [0.2, 0.25) is 5.91 Å². The number of ketones is 1. The van der Waals surface area contributed by atoms with E-state index in [1.807, 2.05) is 42.5 Å². The molecule has 1 unspecified atom stereocenters. The maximum atomic E-state index is 13.3. The summed E-state index contributed by atoms with van der Waals surface area (Å²) in [7, 11) is 3.05. The SMILES string of the molecule is COc1ccc(C(=O)Nc2ccc(SC(C(=O)Nc3ccc(C(C)=O)cc3)c3ccccc3)cc2)cc1OC. The van der Waals surface area contributed by atoms with Gasteiger partial charge < -0.3 is 20.1 Å². The van der Waals surface area contributed by atoms with E-state index in [0.29, 0.717) is 34.0 Å². The fourth-order valence-corrected chi connectivity index (χ4v) is 4.86. The van der Waals surface area contributed by atoms with Crippen LogP contribution in [0.5, 0.6) is 11.5 Å². The topological polar surface area (TPSA) is 93.7 Å². The van der Waals surface area contributed by atoms with Crippen molar-refractivity contribution in [2.75, 3.05) is 24.9 Å². The number of carbonyl (C=O) groups is 3. The minimum atomic E-state index is -0.522. The Bertz CT molecular complexity index is 1460. The molecule has 1 atom stereocenters. The molecule has 4 rings (SSSR count). The van der Waals surface area contributed by atoms with Crippen molar-refractivity contribution in [3.8, 4) is 11.5 Å². The molecule has 0 bridgehead atoms. The zero-order valence-corrected chi connectivity index (χ0v) is 22.6. The summed E-state index contributed by atoms with van der Waals surface area (Å²) in [5.74, 6) is 0.507. The lowest BCUT2D eigenvalue weighted by Gasteiger charge is -2.17. The summed E-state index contributed by atoms with van der Waals surface area (Å²) in [6, 6.07) is 28.6. The van der Waals surface area contributed by atoms with Crippen molar-refractivity contribution in [3.63, 3.8) is 0 Å². The molecule has 0 fully saturated rings. The van der Waals surface area contributed by atoms with Gasteiger partial charge >= 0.3 is 0 Å². The minimum Gasteiger partial charge on any atom is -0.493 e. The zero-order valence-electron chi connectivity index (χ0n) is 21.8. The summed E-state index contributed by atoms with van der Waals surface area (Å²) in [4.78, 5) is 38.5. The van der Waals surface area contributed by atoms with Crippen molar-refractivity contribution in [2.45, 2.75) is 17.1 Å². The maximum absolute atomic E-state index is 13.3. The van der Waals surface area contributed by atoms with Crippen LogP contribution in [0.2, 0.25) is 0 Å². The molecular formula is C31H28N2O5S. The Morgan fingerprint density at radius 2 is 1.28 bits per heavy atom. The number of hydrogen-bond donors (Lipinski definition) is 2. The average molecular weight is 541 g/mol. The number of ether oxygens (including phenoxy) is 2. The van der Waals surface area contributed by atoms with Gasteiger partial charge in [-0.05, 0) is 79.2 Å². The molecule has 2 N–H and O–H groups in total. The second-order valence-electron chi connectivity index (χ2n) is 8.58. The number of methoxy groups -OCH3 is 2. The number of rotatable bonds is 10. The molecule has 0 radical (unpaired) electrons. The molecule has 39 heavy (non-hydrogen) atoms. The molecule has 0 aromatic heterocycles. The third-order valence-corrected chi connectivity index (χ3v) is 7.18. The normalized spacial score (nSPS) is 11.3. The first kappa shape index (κ1) is 27.5. The Hall–Kier alpha value is -4.56. The fraction of sp³-hybridized carbons (Fsp3) is 0.129. The third-order valence-electron chi connectivity index (χ3n) is 5.91. The van der Waals surface area contributed by atoms with E-state index in [1.165, 1.54) is 32.9 Å². The first-order chi connectivity index (χ1) is 18.9. The molecule has 4 aromatic rings. The lowest BCUT2D eigenvalue weighted by Crippen LogP contribution is -2.19. The predicted molar refractivity (Wildman–Crippen MR) is 154 cm³/mol. The van der Waals surface area contributed by atoms with Crippen LogP contribution in [0.25, 0.3) is 0 Å². The molecule has 8 heteroatoms. The summed E-state index contributed by atoms with van der Waals surface area (Å²) in [5, 5.41) is 5.31.